The number of carbonyl (C=O) groups is 1. The van der Waals surface area contributed by atoms with Gasteiger partial charge in [-0.3, -0.25) is 9.89 Å². The summed E-state index contributed by atoms with van der Waals surface area (Å²) in [5, 5.41) is 9.90. The van der Waals surface area contributed by atoms with Gasteiger partial charge in [-0.2, -0.15) is 10.1 Å². The van der Waals surface area contributed by atoms with Crippen molar-refractivity contribution in [2.24, 2.45) is 0 Å². The Labute approximate surface area is 147 Å². The number of aromatic nitrogens is 4. The van der Waals surface area contributed by atoms with Crippen LogP contribution in [0.1, 0.15) is 35.6 Å². The zero-order valence-electron chi connectivity index (χ0n) is 15.2. The van der Waals surface area contributed by atoms with Crippen molar-refractivity contribution < 1.29 is 4.79 Å². The Hall–Kier alpha value is -2.64. The number of hydrogen-bond donors (Lipinski definition) is 2. The number of aromatic amines is 1. The molecule has 134 valence electrons. The molecule has 2 aromatic rings. The molecule has 2 N–H and O–H groups in total. The number of H-pyrrole nitrogens is 1. The van der Waals surface area contributed by atoms with Gasteiger partial charge in [0.25, 0.3) is 5.91 Å². The van der Waals surface area contributed by atoms with Crippen molar-refractivity contribution in [3.8, 4) is 0 Å². The maximum absolute atomic E-state index is 12.6. The smallest absolute Gasteiger partial charge is 0.271 e. The molecule has 1 aliphatic heterocycles. The van der Waals surface area contributed by atoms with E-state index in [1.54, 1.807) is 12.3 Å². The monoisotopic (exact) mass is 343 g/mol. The topological polar surface area (TPSA) is 90.0 Å². The number of carbonyl (C=O) groups excluding carboxylic acids is 1. The van der Waals surface area contributed by atoms with E-state index in [0.29, 0.717) is 31.2 Å². The van der Waals surface area contributed by atoms with Gasteiger partial charge >= 0.3 is 0 Å². The molecule has 3 heterocycles. The Bertz CT molecular complexity index is 740. The van der Waals surface area contributed by atoms with E-state index >= 15 is 0 Å². The van der Waals surface area contributed by atoms with Crippen molar-refractivity contribution in [2.45, 2.75) is 32.7 Å². The van der Waals surface area contributed by atoms with E-state index in [1.807, 2.05) is 23.9 Å². The highest BCUT2D eigenvalue weighted by atomic mass is 16.2. The molecule has 0 radical (unpaired) electrons. The van der Waals surface area contributed by atoms with Crippen molar-refractivity contribution in [2.75, 3.05) is 37.4 Å². The molecule has 0 unspecified atom stereocenters. The van der Waals surface area contributed by atoms with Crippen LogP contribution in [0.5, 0.6) is 0 Å². The quantitative estimate of drug-likeness (QED) is 0.870. The average molecular weight is 343 g/mol. The van der Waals surface area contributed by atoms with E-state index < -0.39 is 0 Å². The maximum Gasteiger partial charge on any atom is 0.271 e. The summed E-state index contributed by atoms with van der Waals surface area (Å²) in [6.07, 6.45) is 3.05. The summed E-state index contributed by atoms with van der Waals surface area (Å²) in [4.78, 5) is 25.8. The molecule has 0 aliphatic carbocycles. The number of rotatable bonds is 4. The van der Waals surface area contributed by atoms with Crippen LogP contribution < -0.4 is 10.2 Å². The highest BCUT2D eigenvalue weighted by Crippen LogP contribution is 2.25. The van der Waals surface area contributed by atoms with Gasteiger partial charge in [0.1, 0.15) is 11.5 Å². The Kier molecular flexibility index (Phi) is 4.87. The minimum atomic E-state index is -0.0230. The zero-order chi connectivity index (χ0) is 18.0. The van der Waals surface area contributed by atoms with Crippen molar-refractivity contribution in [3.63, 3.8) is 0 Å². The van der Waals surface area contributed by atoms with Gasteiger partial charge in [0.2, 0.25) is 5.95 Å². The first-order valence-corrected chi connectivity index (χ1v) is 8.58. The molecule has 0 spiro atoms. The molecule has 25 heavy (non-hydrogen) atoms. The maximum atomic E-state index is 12.6. The lowest BCUT2D eigenvalue weighted by Gasteiger charge is -2.20. The first-order valence-electron chi connectivity index (χ1n) is 8.58. The third-order valence-corrected chi connectivity index (χ3v) is 4.18. The third-order valence-electron chi connectivity index (χ3n) is 4.18. The van der Waals surface area contributed by atoms with Crippen LogP contribution in [0.2, 0.25) is 0 Å². The second-order valence-electron chi connectivity index (χ2n) is 6.75. The highest BCUT2D eigenvalue weighted by molar-refractivity contribution is 5.92. The van der Waals surface area contributed by atoms with Gasteiger partial charge in [-0.15, -0.1) is 0 Å². The molecule has 8 nitrogen and oxygen atoms in total. The molecule has 0 saturated carbocycles. The fourth-order valence-corrected chi connectivity index (χ4v) is 3.02. The van der Waals surface area contributed by atoms with Crippen LogP contribution in [0, 0.1) is 0 Å². The Balaban J connectivity index is 1.87. The standard InChI is InChI=1S/C17H25N7O/c1-11(2)19-17-20-13-7-10-24(16(25)14-5-8-18-22-14)9-6-12(13)15(21-17)23(3)4/h5,8,11H,6-7,9-10H2,1-4H3,(H,18,22)(H,19,20,21). The number of anilines is 2. The van der Waals surface area contributed by atoms with Crippen molar-refractivity contribution >= 4 is 17.7 Å². The van der Waals surface area contributed by atoms with E-state index in [4.69, 9.17) is 4.98 Å². The van der Waals surface area contributed by atoms with Crippen LogP contribution in [-0.4, -0.2) is 64.2 Å². The average Bonchev–Trinajstić information content (AvgIpc) is 3.00. The first-order chi connectivity index (χ1) is 12.0. The van der Waals surface area contributed by atoms with Crippen LogP contribution in [-0.2, 0) is 12.8 Å². The molecular weight excluding hydrogens is 318 g/mol. The molecule has 1 amide bonds. The van der Waals surface area contributed by atoms with Crippen molar-refractivity contribution in [3.05, 3.63) is 29.2 Å². The predicted molar refractivity (Wildman–Crippen MR) is 97.0 cm³/mol. The van der Waals surface area contributed by atoms with Gasteiger partial charge in [-0.25, -0.2) is 4.98 Å². The summed E-state index contributed by atoms with van der Waals surface area (Å²) in [6, 6.07) is 1.97. The summed E-state index contributed by atoms with van der Waals surface area (Å²) >= 11 is 0. The molecule has 0 atom stereocenters. The van der Waals surface area contributed by atoms with Gasteiger partial charge in [0, 0.05) is 51.4 Å². The lowest BCUT2D eigenvalue weighted by Crippen LogP contribution is -2.33. The Morgan fingerprint density at radius 3 is 2.68 bits per heavy atom. The van der Waals surface area contributed by atoms with Crippen LogP contribution >= 0.6 is 0 Å². The molecule has 3 rings (SSSR count). The fourth-order valence-electron chi connectivity index (χ4n) is 3.02. The molecule has 0 bridgehead atoms. The number of amides is 1. The predicted octanol–water partition coefficient (Wildman–Crippen LogP) is 1.33. The van der Waals surface area contributed by atoms with E-state index in [0.717, 1.165) is 23.5 Å². The summed E-state index contributed by atoms with van der Waals surface area (Å²) < 4.78 is 0. The largest absolute Gasteiger partial charge is 0.362 e. The van der Waals surface area contributed by atoms with E-state index in [1.165, 1.54) is 0 Å². The number of hydrogen-bond acceptors (Lipinski definition) is 6. The van der Waals surface area contributed by atoms with Crippen LogP contribution in [0.15, 0.2) is 12.3 Å². The fraction of sp³-hybridized carbons (Fsp3) is 0.529. The van der Waals surface area contributed by atoms with E-state index in [9.17, 15) is 4.79 Å². The number of nitrogens with one attached hydrogen (secondary N) is 2. The molecule has 0 saturated heterocycles. The lowest BCUT2D eigenvalue weighted by molar-refractivity contribution is 0.0757. The first kappa shape index (κ1) is 17.2. The molecule has 1 aliphatic rings. The minimum absolute atomic E-state index is 0.0230. The zero-order valence-corrected chi connectivity index (χ0v) is 15.2. The van der Waals surface area contributed by atoms with Gasteiger partial charge in [0.15, 0.2) is 0 Å². The highest BCUT2D eigenvalue weighted by Gasteiger charge is 2.24. The summed E-state index contributed by atoms with van der Waals surface area (Å²) in [7, 11) is 3.97. The summed E-state index contributed by atoms with van der Waals surface area (Å²) in [6.45, 7) is 5.41. The molecule has 0 fully saturated rings. The number of nitrogens with zero attached hydrogens (tertiary/aromatic N) is 5. The van der Waals surface area contributed by atoms with E-state index in [-0.39, 0.29) is 11.9 Å². The Morgan fingerprint density at radius 1 is 1.28 bits per heavy atom. The summed E-state index contributed by atoms with van der Waals surface area (Å²) in [5.41, 5.74) is 2.66. The van der Waals surface area contributed by atoms with Gasteiger partial charge in [-0.05, 0) is 26.3 Å². The minimum Gasteiger partial charge on any atom is -0.362 e. The molecular formula is C17H25N7O. The summed E-state index contributed by atoms with van der Waals surface area (Å²) in [5.74, 6) is 1.54. The number of fused-ring (bicyclic) bond motifs is 1. The molecule has 0 aromatic carbocycles. The van der Waals surface area contributed by atoms with Gasteiger partial charge in [-0.1, -0.05) is 0 Å². The second-order valence-corrected chi connectivity index (χ2v) is 6.75. The molecule has 8 heteroatoms. The van der Waals surface area contributed by atoms with Crippen LogP contribution in [0.4, 0.5) is 11.8 Å². The second kappa shape index (κ2) is 7.08. The third kappa shape index (κ3) is 3.72. The van der Waals surface area contributed by atoms with Crippen LogP contribution in [0.3, 0.4) is 0 Å². The van der Waals surface area contributed by atoms with Crippen molar-refractivity contribution in [1.82, 2.24) is 25.1 Å². The van der Waals surface area contributed by atoms with Gasteiger partial charge in [0.05, 0.1) is 5.69 Å². The lowest BCUT2D eigenvalue weighted by atomic mass is 10.1. The Morgan fingerprint density at radius 2 is 2.04 bits per heavy atom. The molecule has 2 aromatic heterocycles. The normalized spacial score (nSPS) is 14.2. The van der Waals surface area contributed by atoms with Crippen LogP contribution in [0.25, 0.3) is 0 Å². The van der Waals surface area contributed by atoms with Crippen molar-refractivity contribution in [1.29, 1.82) is 0 Å². The van der Waals surface area contributed by atoms with E-state index in [2.05, 4.69) is 34.3 Å². The van der Waals surface area contributed by atoms with Gasteiger partial charge < -0.3 is 15.1 Å². The SMILES string of the molecule is CC(C)Nc1nc2c(c(N(C)C)n1)CCN(C(=O)c1ccn[nH]1)CC2.